The SMILES string of the molecule is Cc1nn(C)c2c(C)cnc(N)c12. The van der Waals surface area contributed by atoms with Gasteiger partial charge in [0.15, 0.2) is 0 Å². The molecule has 4 heteroatoms. The van der Waals surface area contributed by atoms with Gasteiger partial charge in [-0.15, -0.1) is 0 Å². The van der Waals surface area contributed by atoms with Crippen LogP contribution in [0.15, 0.2) is 6.20 Å². The summed E-state index contributed by atoms with van der Waals surface area (Å²) < 4.78 is 1.85. The Labute approximate surface area is 76.4 Å². The molecule has 68 valence electrons. The third-order valence-electron chi connectivity index (χ3n) is 2.25. The van der Waals surface area contributed by atoms with Gasteiger partial charge < -0.3 is 5.73 Å². The van der Waals surface area contributed by atoms with Crippen LogP contribution in [0.2, 0.25) is 0 Å². The van der Waals surface area contributed by atoms with Gasteiger partial charge in [0, 0.05) is 13.2 Å². The molecule has 0 aromatic carbocycles. The third kappa shape index (κ3) is 0.983. The van der Waals surface area contributed by atoms with Crippen LogP contribution in [-0.4, -0.2) is 14.8 Å². The average molecular weight is 176 g/mol. The number of anilines is 1. The van der Waals surface area contributed by atoms with E-state index in [9.17, 15) is 0 Å². The molecule has 2 rings (SSSR count). The van der Waals surface area contributed by atoms with Crippen molar-refractivity contribution in [1.82, 2.24) is 14.8 Å². The summed E-state index contributed by atoms with van der Waals surface area (Å²) in [5.41, 5.74) is 8.89. The van der Waals surface area contributed by atoms with Gasteiger partial charge in [0.05, 0.1) is 16.6 Å². The molecule has 2 N–H and O–H groups in total. The number of aromatic nitrogens is 3. The summed E-state index contributed by atoms with van der Waals surface area (Å²) in [6.07, 6.45) is 1.78. The van der Waals surface area contributed by atoms with Gasteiger partial charge in [-0.25, -0.2) is 4.98 Å². The van der Waals surface area contributed by atoms with Gasteiger partial charge in [0.2, 0.25) is 0 Å². The maximum absolute atomic E-state index is 5.77. The maximum Gasteiger partial charge on any atom is 0.134 e. The van der Waals surface area contributed by atoms with Crippen LogP contribution in [0.4, 0.5) is 5.82 Å². The molecule has 0 saturated carbocycles. The second kappa shape index (κ2) is 2.45. The first-order chi connectivity index (χ1) is 6.11. The molecule has 2 aromatic rings. The molecular weight excluding hydrogens is 164 g/mol. The zero-order valence-electron chi connectivity index (χ0n) is 8.00. The number of hydrogen-bond donors (Lipinski definition) is 1. The summed E-state index contributed by atoms with van der Waals surface area (Å²) >= 11 is 0. The summed E-state index contributed by atoms with van der Waals surface area (Å²) in [4.78, 5) is 4.11. The number of nitrogens with two attached hydrogens (primary N) is 1. The normalized spacial score (nSPS) is 11.0. The van der Waals surface area contributed by atoms with Gasteiger partial charge in [0.1, 0.15) is 5.82 Å². The number of nitrogens with zero attached hydrogens (tertiary/aromatic N) is 3. The van der Waals surface area contributed by atoms with Crippen LogP contribution in [0.5, 0.6) is 0 Å². The monoisotopic (exact) mass is 176 g/mol. The summed E-state index contributed by atoms with van der Waals surface area (Å²) in [5.74, 6) is 0.561. The third-order valence-corrected chi connectivity index (χ3v) is 2.25. The lowest BCUT2D eigenvalue weighted by atomic mass is 10.2. The van der Waals surface area contributed by atoms with Crippen molar-refractivity contribution in [3.63, 3.8) is 0 Å². The van der Waals surface area contributed by atoms with Crippen molar-refractivity contribution in [2.45, 2.75) is 13.8 Å². The first-order valence-corrected chi connectivity index (χ1v) is 4.15. The smallest absolute Gasteiger partial charge is 0.134 e. The molecule has 0 atom stereocenters. The van der Waals surface area contributed by atoms with Crippen LogP contribution < -0.4 is 5.73 Å². The molecule has 4 nitrogen and oxygen atoms in total. The Morgan fingerprint density at radius 1 is 1.38 bits per heavy atom. The molecule has 0 amide bonds. The lowest BCUT2D eigenvalue weighted by Gasteiger charge is -2.00. The topological polar surface area (TPSA) is 56.7 Å². The quantitative estimate of drug-likeness (QED) is 0.655. The number of nitrogen functional groups attached to an aromatic ring is 1. The molecule has 2 aromatic heterocycles. The van der Waals surface area contributed by atoms with Gasteiger partial charge in [-0.3, -0.25) is 4.68 Å². The first-order valence-electron chi connectivity index (χ1n) is 4.15. The first kappa shape index (κ1) is 8.04. The Hall–Kier alpha value is -1.58. The van der Waals surface area contributed by atoms with Gasteiger partial charge in [-0.05, 0) is 19.4 Å². The number of fused-ring (bicyclic) bond motifs is 1. The van der Waals surface area contributed by atoms with E-state index in [1.54, 1.807) is 6.20 Å². The molecule has 0 bridgehead atoms. The Morgan fingerprint density at radius 2 is 2.08 bits per heavy atom. The molecule has 2 heterocycles. The van der Waals surface area contributed by atoms with Gasteiger partial charge in [-0.2, -0.15) is 5.10 Å². The highest BCUT2D eigenvalue weighted by Crippen LogP contribution is 2.24. The van der Waals surface area contributed by atoms with E-state index in [4.69, 9.17) is 5.73 Å². The van der Waals surface area contributed by atoms with E-state index >= 15 is 0 Å². The number of aryl methyl sites for hydroxylation is 3. The van der Waals surface area contributed by atoms with Crippen LogP contribution in [0.25, 0.3) is 10.9 Å². The molecular formula is C9H12N4. The lowest BCUT2D eigenvalue weighted by Crippen LogP contribution is -1.95. The largest absolute Gasteiger partial charge is 0.383 e. The zero-order chi connectivity index (χ0) is 9.59. The van der Waals surface area contributed by atoms with Crippen LogP contribution in [-0.2, 0) is 7.05 Å². The van der Waals surface area contributed by atoms with E-state index in [1.165, 1.54) is 0 Å². The molecule has 0 aliphatic rings. The highest BCUT2D eigenvalue weighted by molar-refractivity contribution is 5.92. The van der Waals surface area contributed by atoms with Crippen LogP contribution in [0.1, 0.15) is 11.3 Å². The Morgan fingerprint density at radius 3 is 2.69 bits per heavy atom. The van der Waals surface area contributed by atoms with Crippen LogP contribution >= 0.6 is 0 Å². The lowest BCUT2D eigenvalue weighted by molar-refractivity contribution is 0.781. The standard InChI is InChI=1S/C9H12N4/c1-5-4-11-9(10)7-6(2)12-13(3)8(5)7/h4H,1-3H3,(H2,10,11). The van der Waals surface area contributed by atoms with E-state index < -0.39 is 0 Å². The van der Waals surface area contributed by atoms with Gasteiger partial charge in [-0.1, -0.05) is 0 Å². The van der Waals surface area contributed by atoms with Gasteiger partial charge in [0.25, 0.3) is 0 Å². The molecule has 0 fully saturated rings. The summed E-state index contributed by atoms with van der Waals surface area (Å²) in [6.45, 7) is 3.95. The van der Waals surface area contributed by atoms with Crippen molar-refractivity contribution in [3.8, 4) is 0 Å². The van der Waals surface area contributed by atoms with Crippen molar-refractivity contribution in [2.75, 3.05) is 5.73 Å². The number of rotatable bonds is 0. The summed E-state index contributed by atoms with van der Waals surface area (Å²) in [6, 6.07) is 0. The summed E-state index contributed by atoms with van der Waals surface area (Å²) in [5, 5.41) is 5.28. The van der Waals surface area contributed by atoms with Crippen molar-refractivity contribution in [2.24, 2.45) is 7.05 Å². The highest BCUT2D eigenvalue weighted by Gasteiger charge is 2.10. The average Bonchev–Trinajstić information content (AvgIpc) is 2.36. The minimum Gasteiger partial charge on any atom is -0.383 e. The molecule has 0 unspecified atom stereocenters. The molecule has 13 heavy (non-hydrogen) atoms. The van der Waals surface area contributed by atoms with E-state index in [0.717, 1.165) is 22.2 Å². The fourth-order valence-corrected chi connectivity index (χ4v) is 1.71. The van der Waals surface area contributed by atoms with Crippen LogP contribution in [0, 0.1) is 13.8 Å². The minimum atomic E-state index is 0.561. The Bertz CT molecular complexity index is 428. The van der Waals surface area contributed by atoms with E-state index in [1.807, 2.05) is 25.6 Å². The highest BCUT2D eigenvalue weighted by atomic mass is 15.3. The number of hydrogen-bond acceptors (Lipinski definition) is 3. The Kier molecular flexibility index (Phi) is 1.52. The molecule has 0 aliphatic carbocycles. The molecule has 0 aliphatic heterocycles. The second-order valence-electron chi connectivity index (χ2n) is 3.26. The van der Waals surface area contributed by atoms with Crippen molar-refractivity contribution < 1.29 is 0 Å². The van der Waals surface area contributed by atoms with Crippen LogP contribution in [0.3, 0.4) is 0 Å². The summed E-state index contributed by atoms with van der Waals surface area (Å²) in [7, 11) is 1.92. The van der Waals surface area contributed by atoms with E-state index in [2.05, 4.69) is 10.1 Å². The molecule has 0 spiro atoms. The fourth-order valence-electron chi connectivity index (χ4n) is 1.71. The van der Waals surface area contributed by atoms with E-state index in [-0.39, 0.29) is 0 Å². The van der Waals surface area contributed by atoms with Crippen molar-refractivity contribution >= 4 is 16.7 Å². The van der Waals surface area contributed by atoms with Crippen molar-refractivity contribution in [3.05, 3.63) is 17.5 Å². The fraction of sp³-hybridized carbons (Fsp3) is 0.333. The molecule has 0 saturated heterocycles. The van der Waals surface area contributed by atoms with Gasteiger partial charge >= 0.3 is 0 Å². The number of pyridine rings is 1. The van der Waals surface area contributed by atoms with Crippen molar-refractivity contribution in [1.29, 1.82) is 0 Å². The Balaban J connectivity index is 3.03. The predicted molar refractivity (Wildman–Crippen MR) is 52.4 cm³/mol. The minimum absolute atomic E-state index is 0.561. The predicted octanol–water partition coefficient (Wildman–Crippen LogP) is 1.17. The molecule has 0 radical (unpaired) electrons. The van der Waals surface area contributed by atoms with E-state index in [0.29, 0.717) is 5.82 Å². The second-order valence-corrected chi connectivity index (χ2v) is 3.26. The maximum atomic E-state index is 5.77. The zero-order valence-corrected chi connectivity index (χ0v) is 8.00.